The summed E-state index contributed by atoms with van der Waals surface area (Å²) in [6.45, 7) is 28.7. The number of nitrogens with zero attached hydrogens (tertiary/aromatic N) is 4. The van der Waals surface area contributed by atoms with E-state index in [9.17, 15) is 4.39 Å². The minimum absolute atomic E-state index is 0. The first kappa shape index (κ1) is 41.1. The van der Waals surface area contributed by atoms with Crippen molar-refractivity contribution in [2.24, 2.45) is 40.9 Å². The Morgan fingerprint density at radius 3 is 1.35 bits per heavy atom. The van der Waals surface area contributed by atoms with Crippen LogP contribution in [0, 0.1) is 53.7 Å². The van der Waals surface area contributed by atoms with Gasteiger partial charge in [-0.1, -0.05) is 103 Å². The van der Waals surface area contributed by atoms with Crippen LogP contribution in [0.4, 0.5) is 4.39 Å². The first-order valence-electron chi connectivity index (χ1n) is 16.8. The number of rotatable bonds is 7. The summed E-state index contributed by atoms with van der Waals surface area (Å²) in [5, 5.41) is 0. The fraction of sp³-hybridized carbons (Fsp3) is 0.789. The molecule has 0 amide bonds. The maximum absolute atomic E-state index is 12.2. The Morgan fingerprint density at radius 2 is 1.14 bits per heavy atom. The van der Waals surface area contributed by atoms with Crippen LogP contribution in [0.2, 0.25) is 0 Å². The lowest BCUT2D eigenvalue weighted by Crippen LogP contribution is -2.04. The van der Waals surface area contributed by atoms with Gasteiger partial charge in [0, 0.05) is 24.2 Å². The lowest BCUT2D eigenvalue weighted by Gasteiger charge is -2.12. The van der Waals surface area contributed by atoms with Crippen LogP contribution in [0.15, 0.2) is 24.8 Å². The van der Waals surface area contributed by atoms with E-state index in [4.69, 9.17) is 0 Å². The number of halogens is 1. The van der Waals surface area contributed by atoms with E-state index in [0.717, 1.165) is 52.3 Å². The average Bonchev–Trinajstić information content (AvgIpc) is 3.77. The lowest BCUT2D eigenvalue weighted by molar-refractivity contribution is 0.372. The van der Waals surface area contributed by atoms with Crippen LogP contribution < -0.4 is 0 Å². The molecule has 0 N–H and O–H groups in total. The van der Waals surface area contributed by atoms with Gasteiger partial charge in [0.25, 0.3) is 0 Å². The van der Waals surface area contributed by atoms with Crippen molar-refractivity contribution in [3.8, 4) is 0 Å². The summed E-state index contributed by atoms with van der Waals surface area (Å²) in [5.74, 6) is 7.87. The van der Waals surface area contributed by atoms with Crippen molar-refractivity contribution in [3.05, 3.63) is 47.8 Å². The van der Waals surface area contributed by atoms with Gasteiger partial charge in [0.15, 0.2) is 5.82 Å². The molecule has 2 aromatic heterocycles. The molecule has 0 bridgehead atoms. The molecule has 1 unspecified atom stereocenters. The van der Waals surface area contributed by atoms with Gasteiger partial charge < -0.3 is 0 Å². The molecule has 3 aliphatic rings. The zero-order valence-electron chi connectivity index (χ0n) is 29.5. The summed E-state index contributed by atoms with van der Waals surface area (Å²) in [4.78, 5) is 15.9. The van der Waals surface area contributed by atoms with Crippen LogP contribution in [-0.4, -0.2) is 19.9 Å². The number of aromatic nitrogens is 4. The third-order valence-corrected chi connectivity index (χ3v) is 8.83. The third kappa shape index (κ3) is 19.2. The van der Waals surface area contributed by atoms with Gasteiger partial charge in [-0.3, -0.25) is 0 Å². The van der Waals surface area contributed by atoms with Gasteiger partial charge in [0.1, 0.15) is 11.6 Å². The molecule has 0 aromatic carbocycles. The average molecular weight is 601 g/mol. The Labute approximate surface area is 266 Å². The summed E-state index contributed by atoms with van der Waals surface area (Å²) in [6, 6.07) is 0. The topological polar surface area (TPSA) is 51.6 Å². The highest BCUT2D eigenvalue weighted by Crippen LogP contribution is 2.51. The second-order valence-electron chi connectivity index (χ2n) is 15.0. The SMILES string of the molecule is C.CC(C)C(C)C1CC1.CC(C)C1(C)CC1.CC(C)CC1CC1.CC(C)c1ncc(F)cn1.Cc1cnc(C(C)C)nc1. The predicted molar refractivity (Wildman–Crippen MR) is 185 cm³/mol. The largest absolute Gasteiger partial charge is 0.241 e. The summed E-state index contributed by atoms with van der Waals surface area (Å²) >= 11 is 0. The van der Waals surface area contributed by atoms with Gasteiger partial charge in [-0.25, -0.2) is 24.3 Å². The smallest absolute Gasteiger partial charge is 0.159 e. The van der Waals surface area contributed by atoms with Crippen molar-refractivity contribution in [3.63, 3.8) is 0 Å². The molecular weight excluding hydrogens is 531 g/mol. The highest BCUT2D eigenvalue weighted by atomic mass is 19.1. The molecule has 4 nitrogen and oxygen atoms in total. The van der Waals surface area contributed by atoms with Crippen molar-refractivity contribution in [1.29, 1.82) is 0 Å². The summed E-state index contributed by atoms with van der Waals surface area (Å²) < 4.78 is 12.2. The third-order valence-electron chi connectivity index (χ3n) is 8.83. The van der Waals surface area contributed by atoms with Gasteiger partial charge in [-0.15, -0.1) is 0 Å². The molecule has 5 rings (SSSR count). The Kier molecular flexibility index (Phi) is 19.3. The molecule has 3 saturated carbocycles. The highest BCUT2D eigenvalue weighted by Gasteiger charge is 2.39. The second kappa shape index (κ2) is 20.2. The van der Waals surface area contributed by atoms with Crippen LogP contribution >= 0.6 is 0 Å². The standard InChI is InChI=1S/C8H12N2.C8H16.C7H9FN2.2C7H14.CH4/c1-6(2)8-9-4-7(3)5-10-8;1-6(2)7(3)8-4-5-8;1-5(2)7-9-3-6(8)4-10-7;1-6(2)7(3)4-5-7;1-6(2)5-7-3-4-7;/h4-6H,1-3H3;6-8H,4-5H2,1-3H3;3-5H,1-2H3;6H,4-5H2,1-3H3;6-7H,3-5H2,1-2H3;1H4. The molecule has 2 heterocycles. The highest BCUT2D eigenvalue weighted by molar-refractivity contribution is 5.03. The number of aryl methyl sites for hydroxylation is 1. The van der Waals surface area contributed by atoms with Crippen molar-refractivity contribution >= 4 is 0 Å². The normalized spacial score (nSPS) is 16.9. The first-order valence-corrected chi connectivity index (χ1v) is 16.8. The van der Waals surface area contributed by atoms with E-state index >= 15 is 0 Å². The molecule has 3 fully saturated rings. The molecule has 1 atom stereocenters. The minimum atomic E-state index is -0.385. The number of hydrogen-bond acceptors (Lipinski definition) is 4. The van der Waals surface area contributed by atoms with Gasteiger partial charge in [-0.2, -0.15) is 0 Å². The van der Waals surface area contributed by atoms with E-state index in [-0.39, 0.29) is 19.2 Å². The van der Waals surface area contributed by atoms with Gasteiger partial charge >= 0.3 is 0 Å². The molecular formula is C38H69FN4. The van der Waals surface area contributed by atoms with Crippen LogP contribution in [0.5, 0.6) is 0 Å². The predicted octanol–water partition coefficient (Wildman–Crippen LogP) is 11.9. The lowest BCUT2D eigenvalue weighted by atomic mass is 9.93. The maximum atomic E-state index is 12.2. The first-order chi connectivity index (χ1) is 19.6. The quantitative estimate of drug-likeness (QED) is 0.317. The molecule has 3 aliphatic carbocycles. The zero-order chi connectivity index (χ0) is 32.0. The molecule has 0 spiro atoms. The van der Waals surface area contributed by atoms with E-state index < -0.39 is 0 Å². The summed E-state index contributed by atoms with van der Waals surface area (Å²) in [6.07, 6.45) is 16.5. The molecule has 5 heteroatoms. The Morgan fingerprint density at radius 1 is 0.721 bits per heavy atom. The second-order valence-corrected chi connectivity index (χ2v) is 15.0. The monoisotopic (exact) mass is 601 g/mol. The van der Waals surface area contributed by atoms with Crippen molar-refractivity contribution in [2.75, 3.05) is 0 Å². The van der Waals surface area contributed by atoms with Crippen LogP contribution in [0.1, 0.15) is 165 Å². The van der Waals surface area contributed by atoms with E-state index in [1.807, 2.05) is 33.2 Å². The van der Waals surface area contributed by atoms with E-state index in [2.05, 4.69) is 89.2 Å². The molecule has 0 radical (unpaired) electrons. The van der Waals surface area contributed by atoms with Crippen LogP contribution in [-0.2, 0) is 0 Å². The summed E-state index contributed by atoms with van der Waals surface area (Å²) in [5.41, 5.74) is 1.87. The van der Waals surface area contributed by atoms with E-state index in [1.165, 1.54) is 57.3 Å². The Hall–Kier alpha value is -1.91. The van der Waals surface area contributed by atoms with Gasteiger partial charge in [0.2, 0.25) is 0 Å². The minimum Gasteiger partial charge on any atom is -0.241 e. The van der Waals surface area contributed by atoms with Gasteiger partial charge in [0.05, 0.1) is 12.4 Å². The Balaban J connectivity index is 0.000000514. The Bertz CT molecular complexity index is 903. The van der Waals surface area contributed by atoms with Crippen LogP contribution in [0.25, 0.3) is 0 Å². The van der Waals surface area contributed by atoms with Gasteiger partial charge in [-0.05, 0) is 85.5 Å². The van der Waals surface area contributed by atoms with Crippen LogP contribution in [0.3, 0.4) is 0 Å². The summed E-state index contributed by atoms with van der Waals surface area (Å²) in [7, 11) is 0. The molecule has 248 valence electrons. The van der Waals surface area contributed by atoms with Crippen molar-refractivity contribution in [2.45, 2.75) is 154 Å². The molecule has 43 heavy (non-hydrogen) atoms. The van der Waals surface area contributed by atoms with Crippen molar-refractivity contribution < 1.29 is 4.39 Å². The van der Waals surface area contributed by atoms with E-state index in [0.29, 0.717) is 11.7 Å². The molecule has 0 saturated heterocycles. The fourth-order valence-electron chi connectivity index (χ4n) is 4.28. The fourth-order valence-corrected chi connectivity index (χ4v) is 4.28. The maximum Gasteiger partial charge on any atom is 0.159 e. The number of hydrogen-bond donors (Lipinski definition) is 0. The molecule has 2 aromatic rings. The van der Waals surface area contributed by atoms with Crippen molar-refractivity contribution in [1.82, 2.24) is 19.9 Å². The zero-order valence-corrected chi connectivity index (χ0v) is 29.5. The molecule has 0 aliphatic heterocycles. The van der Waals surface area contributed by atoms with E-state index in [1.54, 1.807) is 0 Å².